The molecule has 1 saturated heterocycles. The SMILES string of the molecule is O=C(C1CCCC1)N1c2cccnc2CCC1NC1CCCCO1. The summed E-state index contributed by atoms with van der Waals surface area (Å²) in [6.07, 6.45) is 11.5. The van der Waals surface area contributed by atoms with Gasteiger partial charge in [0, 0.05) is 18.7 Å². The van der Waals surface area contributed by atoms with Crippen LogP contribution in [0.1, 0.15) is 57.1 Å². The van der Waals surface area contributed by atoms with Gasteiger partial charge in [0.1, 0.15) is 6.23 Å². The third kappa shape index (κ3) is 3.20. The summed E-state index contributed by atoms with van der Waals surface area (Å²) in [5, 5.41) is 3.61. The molecule has 1 aliphatic carbocycles. The van der Waals surface area contributed by atoms with Crippen LogP contribution in [-0.4, -0.2) is 29.9 Å². The zero-order valence-electron chi connectivity index (χ0n) is 14.2. The second kappa shape index (κ2) is 7.19. The van der Waals surface area contributed by atoms with Crippen molar-refractivity contribution in [3.63, 3.8) is 0 Å². The molecule has 3 aliphatic rings. The number of rotatable bonds is 3. The number of ether oxygens (including phenoxy) is 1. The molecule has 0 aromatic carbocycles. The van der Waals surface area contributed by atoms with E-state index < -0.39 is 0 Å². The minimum Gasteiger partial charge on any atom is -0.363 e. The molecular weight excluding hydrogens is 302 g/mol. The lowest BCUT2D eigenvalue weighted by Gasteiger charge is -2.40. The average Bonchev–Trinajstić information content (AvgIpc) is 3.17. The molecule has 130 valence electrons. The van der Waals surface area contributed by atoms with E-state index in [1.165, 1.54) is 19.3 Å². The largest absolute Gasteiger partial charge is 0.363 e. The molecule has 5 nitrogen and oxygen atoms in total. The number of carbonyl (C=O) groups excluding carboxylic acids is 1. The molecule has 0 bridgehead atoms. The van der Waals surface area contributed by atoms with Gasteiger partial charge >= 0.3 is 0 Å². The number of hydrogen-bond donors (Lipinski definition) is 1. The van der Waals surface area contributed by atoms with E-state index in [0.717, 1.165) is 56.5 Å². The van der Waals surface area contributed by atoms with Crippen LogP contribution in [0.2, 0.25) is 0 Å². The Morgan fingerprint density at radius 2 is 2.00 bits per heavy atom. The van der Waals surface area contributed by atoms with Crippen molar-refractivity contribution in [2.45, 2.75) is 70.2 Å². The summed E-state index contributed by atoms with van der Waals surface area (Å²) >= 11 is 0. The van der Waals surface area contributed by atoms with Crippen molar-refractivity contribution < 1.29 is 9.53 Å². The maximum Gasteiger partial charge on any atom is 0.231 e. The van der Waals surface area contributed by atoms with Gasteiger partial charge in [-0.15, -0.1) is 0 Å². The highest BCUT2D eigenvalue weighted by molar-refractivity contribution is 5.96. The fraction of sp³-hybridized carbons (Fsp3) is 0.684. The van der Waals surface area contributed by atoms with E-state index in [0.29, 0.717) is 0 Å². The first kappa shape index (κ1) is 16.0. The number of aryl methyl sites for hydroxylation is 1. The Morgan fingerprint density at radius 3 is 2.79 bits per heavy atom. The molecule has 2 fully saturated rings. The average molecular weight is 329 g/mol. The molecule has 1 aromatic rings. The summed E-state index contributed by atoms with van der Waals surface area (Å²) in [7, 11) is 0. The number of fused-ring (bicyclic) bond motifs is 1. The van der Waals surface area contributed by atoms with E-state index >= 15 is 0 Å². The maximum atomic E-state index is 13.2. The van der Waals surface area contributed by atoms with Gasteiger partial charge in [0.05, 0.1) is 17.5 Å². The van der Waals surface area contributed by atoms with Gasteiger partial charge in [0.15, 0.2) is 0 Å². The highest BCUT2D eigenvalue weighted by atomic mass is 16.5. The molecule has 5 heteroatoms. The number of hydrogen-bond acceptors (Lipinski definition) is 4. The standard InChI is InChI=1S/C19H27N3O2/c23-19(14-6-1-2-7-14)22-16-8-5-12-20-15(16)10-11-17(22)21-18-9-3-4-13-24-18/h5,8,12,14,17-18,21H,1-4,6-7,9-11,13H2. The Morgan fingerprint density at radius 1 is 1.17 bits per heavy atom. The minimum absolute atomic E-state index is 0.0258. The number of aromatic nitrogens is 1. The Labute approximate surface area is 143 Å². The summed E-state index contributed by atoms with van der Waals surface area (Å²) in [6.45, 7) is 0.819. The fourth-order valence-electron chi connectivity index (χ4n) is 4.30. The van der Waals surface area contributed by atoms with Gasteiger partial charge < -0.3 is 4.74 Å². The highest BCUT2D eigenvalue weighted by Crippen LogP contribution is 2.34. The highest BCUT2D eigenvalue weighted by Gasteiger charge is 2.37. The van der Waals surface area contributed by atoms with Gasteiger partial charge in [-0.1, -0.05) is 12.8 Å². The Bertz CT molecular complexity index is 580. The maximum absolute atomic E-state index is 13.2. The number of carbonyl (C=O) groups is 1. The zero-order valence-corrected chi connectivity index (χ0v) is 14.2. The second-order valence-corrected chi connectivity index (χ2v) is 7.24. The molecule has 1 saturated carbocycles. The van der Waals surface area contributed by atoms with Gasteiger partial charge in [0.2, 0.25) is 5.91 Å². The van der Waals surface area contributed by atoms with E-state index in [2.05, 4.69) is 10.3 Å². The van der Waals surface area contributed by atoms with Crippen LogP contribution in [0.3, 0.4) is 0 Å². The molecule has 2 unspecified atom stereocenters. The lowest BCUT2D eigenvalue weighted by Crippen LogP contribution is -2.56. The number of nitrogens with one attached hydrogen (secondary N) is 1. The zero-order chi connectivity index (χ0) is 16.4. The summed E-state index contributed by atoms with van der Waals surface area (Å²) in [5.41, 5.74) is 2.04. The van der Waals surface area contributed by atoms with Crippen LogP contribution in [0.15, 0.2) is 18.3 Å². The molecular formula is C19H27N3O2. The van der Waals surface area contributed by atoms with E-state index in [1.54, 1.807) is 0 Å². The van der Waals surface area contributed by atoms with Crippen LogP contribution in [0.25, 0.3) is 0 Å². The van der Waals surface area contributed by atoms with Crippen LogP contribution in [-0.2, 0) is 16.0 Å². The third-order valence-corrected chi connectivity index (χ3v) is 5.59. The number of pyridine rings is 1. The topological polar surface area (TPSA) is 54.5 Å². The second-order valence-electron chi connectivity index (χ2n) is 7.24. The summed E-state index contributed by atoms with van der Waals surface area (Å²) < 4.78 is 5.86. The van der Waals surface area contributed by atoms with Crippen molar-refractivity contribution in [3.05, 3.63) is 24.0 Å². The van der Waals surface area contributed by atoms with Gasteiger partial charge in [0.25, 0.3) is 0 Å². The van der Waals surface area contributed by atoms with E-state index in [-0.39, 0.29) is 24.2 Å². The first-order valence-corrected chi connectivity index (χ1v) is 9.47. The molecule has 24 heavy (non-hydrogen) atoms. The molecule has 4 rings (SSSR count). The van der Waals surface area contributed by atoms with Crippen LogP contribution < -0.4 is 10.2 Å². The quantitative estimate of drug-likeness (QED) is 0.926. The molecule has 1 aromatic heterocycles. The Kier molecular flexibility index (Phi) is 4.81. The van der Waals surface area contributed by atoms with Crippen molar-refractivity contribution in [1.29, 1.82) is 0 Å². The van der Waals surface area contributed by atoms with Crippen molar-refractivity contribution in [2.75, 3.05) is 11.5 Å². The predicted octanol–water partition coefficient (Wildman–Crippen LogP) is 2.99. The minimum atomic E-state index is 0.0258. The molecule has 2 atom stereocenters. The van der Waals surface area contributed by atoms with E-state index in [9.17, 15) is 4.79 Å². The molecule has 1 amide bonds. The Balaban J connectivity index is 1.58. The van der Waals surface area contributed by atoms with E-state index in [1.807, 2.05) is 23.2 Å². The van der Waals surface area contributed by atoms with Gasteiger partial charge in [-0.2, -0.15) is 0 Å². The normalized spacial score (nSPS) is 27.9. The van der Waals surface area contributed by atoms with Crippen LogP contribution in [0, 0.1) is 5.92 Å². The smallest absolute Gasteiger partial charge is 0.231 e. The molecule has 0 spiro atoms. The van der Waals surface area contributed by atoms with Gasteiger partial charge in [-0.25, -0.2) is 0 Å². The third-order valence-electron chi connectivity index (χ3n) is 5.59. The van der Waals surface area contributed by atoms with Gasteiger partial charge in [-0.05, 0) is 57.1 Å². The summed E-state index contributed by atoms with van der Waals surface area (Å²) in [4.78, 5) is 19.7. The van der Waals surface area contributed by atoms with E-state index in [4.69, 9.17) is 4.74 Å². The monoisotopic (exact) mass is 329 g/mol. The van der Waals surface area contributed by atoms with Crippen LogP contribution in [0.5, 0.6) is 0 Å². The number of amides is 1. The molecule has 2 aliphatic heterocycles. The predicted molar refractivity (Wildman–Crippen MR) is 92.5 cm³/mol. The first-order chi connectivity index (χ1) is 11.8. The molecule has 3 heterocycles. The van der Waals surface area contributed by atoms with Crippen LogP contribution in [0.4, 0.5) is 5.69 Å². The summed E-state index contributed by atoms with van der Waals surface area (Å²) in [5.74, 6) is 0.447. The number of nitrogens with zero attached hydrogens (tertiary/aromatic N) is 2. The van der Waals surface area contributed by atoms with Crippen molar-refractivity contribution in [2.24, 2.45) is 5.92 Å². The Hall–Kier alpha value is -1.46. The van der Waals surface area contributed by atoms with Gasteiger partial charge in [-0.3, -0.25) is 20.0 Å². The first-order valence-electron chi connectivity index (χ1n) is 9.47. The summed E-state index contributed by atoms with van der Waals surface area (Å²) in [6, 6.07) is 3.98. The number of anilines is 1. The van der Waals surface area contributed by atoms with Crippen molar-refractivity contribution in [1.82, 2.24) is 10.3 Å². The molecule has 0 radical (unpaired) electrons. The van der Waals surface area contributed by atoms with Crippen molar-refractivity contribution in [3.8, 4) is 0 Å². The lowest BCUT2D eigenvalue weighted by molar-refractivity contribution is -0.123. The molecule has 1 N–H and O–H groups in total. The lowest BCUT2D eigenvalue weighted by atomic mass is 9.99. The van der Waals surface area contributed by atoms with Crippen molar-refractivity contribution >= 4 is 11.6 Å². The fourth-order valence-corrected chi connectivity index (χ4v) is 4.30. The van der Waals surface area contributed by atoms with Crippen LogP contribution >= 0.6 is 0 Å².